The van der Waals surface area contributed by atoms with Crippen LogP contribution >= 0.6 is 24.0 Å². The number of esters is 1. The third kappa shape index (κ3) is 10.2. The van der Waals surface area contributed by atoms with Gasteiger partial charge in [0.05, 0.1) is 20.8 Å². The third-order valence-electron chi connectivity index (χ3n) is 4.33. The van der Waals surface area contributed by atoms with Crippen LogP contribution in [-0.2, 0) is 11.3 Å². The average molecular weight is 521 g/mol. The van der Waals surface area contributed by atoms with E-state index in [0.717, 1.165) is 31.5 Å². The van der Waals surface area contributed by atoms with E-state index in [-0.39, 0.29) is 30.6 Å². The highest BCUT2D eigenvalue weighted by Crippen LogP contribution is 2.21. The van der Waals surface area contributed by atoms with E-state index in [4.69, 9.17) is 9.47 Å². The van der Waals surface area contributed by atoms with Gasteiger partial charge >= 0.3 is 5.97 Å². The monoisotopic (exact) mass is 521 g/mol. The van der Waals surface area contributed by atoms with Crippen molar-refractivity contribution in [2.75, 3.05) is 33.9 Å². The first-order valence-corrected chi connectivity index (χ1v) is 9.83. The van der Waals surface area contributed by atoms with Crippen LogP contribution in [0.15, 0.2) is 23.2 Å². The maximum absolute atomic E-state index is 11.9. The smallest absolute Gasteiger partial charge is 0.341 e. The highest BCUT2D eigenvalue weighted by atomic mass is 127. The first-order chi connectivity index (χ1) is 13.4. The molecular weight excluding hydrogens is 485 g/mol. The Morgan fingerprint density at radius 3 is 2.52 bits per heavy atom. The second-order valence-electron chi connectivity index (χ2n) is 7.11. The van der Waals surface area contributed by atoms with Gasteiger partial charge in [-0.2, -0.15) is 0 Å². The number of nitrogens with one attached hydrogen (secondary N) is 2. The lowest BCUT2D eigenvalue weighted by molar-refractivity contribution is 0.0597. The zero-order chi connectivity index (χ0) is 20.9. The number of hydrogen-bond donors (Lipinski definition) is 3. The highest BCUT2D eigenvalue weighted by Gasteiger charge is 2.14. The molecule has 0 bridgehead atoms. The zero-order valence-electron chi connectivity index (χ0n) is 18.2. The number of ether oxygens (including phenoxy) is 2. The lowest BCUT2D eigenvalue weighted by Crippen LogP contribution is -2.40. The number of halogens is 1. The summed E-state index contributed by atoms with van der Waals surface area (Å²) in [7, 11) is 2.87. The van der Waals surface area contributed by atoms with Gasteiger partial charge in [0.1, 0.15) is 11.3 Å². The number of carbonyl (C=O) groups is 1. The average Bonchev–Trinajstić information content (AvgIpc) is 2.68. The number of rotatable bonds is 11. The molecule has 0 aliphatic heterocycles. The van der Waals surface area contributed by atoms with Crippen LogP contribution in [0.4, 0.5) is 0 Å². The maximum atomic E-state index is 11.9. The van der Waals surface area contributed by atoms with E-state index in [2.05, 4.69) is 29.5 Å². The highest BCUT2D eigenvalue weighted by molar-refractivity contribution is 14.0. The van der Waals surface area contributed by atoms with Crippen molar-refractivity contribution in [1.29, 1.82) is 0 Å². The molecule has 0 aliphatic rings. The number of nitrogens with zero attached hydrogens (tertiary/aromatic N) is 1. The van der Waals surface area contributed by atoms with Crippen molar-refractivity contribution in [2.24, 2.45) is 16.8 Å². The van der Waals surface area contributed by atoms with Crippen molar-refractivity contribution in [2.45, 2.75) is 40.2 Å². The van der Waals surface area contributed by atoms with E-state index >= 15 is 0 Å². The second-order valence-corrected chi connectivity index (χ2v) is 7.11. The summed E-state index contributed by atoms with van der Waals surface area (Å²) in [6, 6.07) is 5.37. The predicted octanol–water partition coefficient (Wildman–Crippen LogP) is 3.20. The normalized spacial score (nSPS) is 12.2. The van der Waals surface area contributed by atoms with Crippen LogP contribution in [0.1, 0.15) is 49.5 Å². The number of aliphatic hydroxyl groups is 1. The fourth-order valence-corrected chi connectivity index (χ4v) is 3.03. The van der Waals surface area contributed by atoms with E-state index in [0.29, 0.717) is 35.7 Å². The van der Waals surface area contributed by atoms with E-state index in [1.165, 1.54) is 14.2 Å². The molecule has 3 N–H and O–H groups in total. The standard InChI is InChI=1S/C21H35N3O4.HI/c1-6-22-21(24-14-17(9-10-25)11-15(2)3)23-13-16-7-8-19(27-4)18(12-16)20(26)28-5;/h7-8,12,15,17,25H,6,9-11,13-14H2,1-5H3,(H2,22,23,24);1H. The number of benzene rings is 1. The van der Waals surface area contributed by atoms with E-state index in [9.17, 15) is 9.90 Å². The molecule has 0 aliphatic carbocycles. The summed E-state index contributed by atoms with van der Waals surface area (Å²) < 4.78 is 10.0. The van der Waals surface area contributed by atoms with Crippen molar-refractivity contribution >= 4 is 35.9 Å². The molecule has 8 heteroatoms. The minimum absolute atomic E-state index is 0. The van der Waals surface area contributed by atoms with Gasteiger partial charge in [0.25, 0.3) is 0 Å². The molecule has 29 heavy (non-hydrogen) atoms. The zero-order valence-corrected chi connectivity index (χ0v) is 20.5. The van der Waals surface area contributed by atoms with Crippen molar-refractivity contribution in [1.82, 2.24) is 10.6 Å². The molecule has 0 aromatic heterocycles. The molecule has 0 radical (unpaired) electrons. The molecule has 0 amide bonds. The molecule has 166 valence electrons. The van der Waals surface area contributed by atoms with Gasteiger partial charge < -0.3 is 25.2 Å². The summed E-state index contributed by atoms with van der Waals surface area (Å²) in [5, 5.41) is 15.9. The molecule has 0 fully saturated rings. The van der Waals surface area contributed by atoms with Crippen LogP contribution in [-0.4, -0.2) is 51.0 Å². The fraction of sp³-hybridized carbons (Fsp3) is 0.619. The van der Waals surface area contributed by atoms with Crippen LogP contribution in [0, 0.1) is 11.8 Å². The van der Waals surface area contributed by atoms with Gasteiger partial charge in [-0.1, -0.05) is 19.9 Å². The molecule has 1 aromatic carbocycles. The number of aliphatic imine (C=N–C) groups is 1. The summed E-state index contributed by atoms with van der Waals surface area (Å²) in [5.41, 5.74) is 1.27. The Labute approximate surface area is 191 Å². The van der Waals surface area contributed by atoms with E-state index in [1.807, 2.05) is 13.0 Å². The Balaban J connectivity index is 0.00000784. The van der Waals surface area contributed by atoms with Gasteiger partial charge in [-0.3, -0.25) is 0 Å². The molecule has 0 saturated heterocycles. The summed E-state index contributed by atoms with van der Waals surface area (Å²) in [6.07, 6.45) is 1.82. The van der Waals surface area contributed by atoms with Crippen LogP contribution in [0.25, 0.3) is 0 Å². The first kappa shape index (κ1) is 27.5. The Bertz CT molecular complexity index is 638. The lowest BCUT2D eigenvalue weighted by atomic mass is 9.94. The molecule has 1 atom stereocenters. The SMILES string of the molecule is CCNC(=NCc1ccc(OC)c(C(=O)OC)c1)NCC(CCO)CC(C)C.I. The van der Waals surface area contributed by atoms with Crippen LogP contribution in [0.2, 0.25) is 0 Å². The Morgan fingerprint density at radius 2 is 1.97 bits per heavy atom. The van der Waals surface area contributed by atoms with Crippen molar-refractivity contribution < 1.29 is 19.4 Å². The quantitative estimate of drug-likeness (QED) is 0.179. The Hall–Kier alpha value is -1.55. The van der Waals surface area contributed by atoms with Crippen molar-refractivity contribution in [3.05, 3.63) is 29.3 Å². The third-order valence-corrected chi connectivity index (χ3v) is 4.33. The maximum Gasteiger partial charge on any atom is 0.341 e. The second kappa shape index (κ2) is 15.3. The molecular formula is C21H36IN3O4. The number of guanidine groups is 1. The Kier molecular flexibility index (Phi) is 14.5. The van der Waals surface area contributed by atoms with Gasteiger partial charge in [0.2, 0.25) is 0 Å². The van der Waals surface area contributed by atoms with Gasteiger partial charge in [-0.05, 0) is 49.3 Å². The largest absolute Gasteiger partial charge is 0.496 e. The van der Waals surface area contributed by atoms with Gasteiger partial charge in [0.15, 0.2) is 5.96 Å². The first-order valence-electron chi connectivity index (χ1n) is 9.83. The van der Waals surface area contributed by atoms with Gasteiger partial charge in [-0.15, -0.1) is 24.0 Å². The minimum atomic E-state index is -0.437. The lowest BCUT2D eigenvalue weighted by Gasteiger charge is -2.20. The number of hydrogen-bond acceptors (Lipinski definition) is 5. The van der Waals surface area contributed by atoms with Gasteiger partial charge in [-0.25, -0.2) is 9.79 Å². The summed E-state index contributed by atoms with van der Waals surface area (Å²) in [4.78, 5) is 16.5. The van der Waals surface area contributed by atoms with Crippen LogP contribution in [0.5, 0.6) is 5.75 Å². The van der Waals surface area contributed by atoms with Crippen molar-refractivity contribution in [3.63, 3.8) is 0 Å². The summed E-state index contributed by atoms with van der Waals surface area (Å²) in [5.74, 6) is 1.72. The van der Waals surface area contributed by atoms with E-state index < -0.39 is 5.97 Å². The number of methoxy groups -OCH3 is 2. The Morgan fingerprint density at radius 1 is 1.24 bits per heavy atom. The minimum Gasteiger partial charge on any atom is -0.496 e. The summed E-state index contributed by atoms with van der Waals surface area (Å²) >= 11 is 0. The van der Waals surface area contributed by atoms with Crippen LogP contribution < -0.4 is 15.4 Å². The van der Waals surface area contributed by atoms with Crippen molar-refractivity contribution in [3.8, 4) is 5.75 Å². The fourth-order valence-electron chi connectivity index (χ4n) is 3.03. The molecule has 1 rings (SSSR count). The predicted molar refractivity (Wildman–Crippen MR) is 127 cm³/mol. The number of carbonyl (C=O) groups excluding carboxylic acids is 1. The summed E-state index contributed by atoms with van der Waals surface area (Å²) in [6.45, 7) is 8.49. The topological polar surface area (TPSA) is 92.2 Å². The molecule has 7 nitrogen and oxygen atoms in total. The number of aliphatic hydroxyl groups excluding tert-OH is 1. The molecule has 1 unspecified atom stereocenters. The molecule has 1 aromatic rings. The van der Waals surface area contributed by atoms with E-state index in [1.54, 1.807) is 12.1 Å². The molecule has 0 spiro atoms. The molecule has 0 saturated carbocycles. The molecule has 0 heterocycles. The van der Waals surface area contributed by atoms with Crippen LogP contribution in [0.3, 0.4) is 0 Å². The van der Waals surface area contributed by atoms with Gasteiger partial charge in [0, 0.05) is 19.7 Å².